The van der Waals surface area contributed by atoms with Crippen LogP contribution in [0.15, 0.2) is 24.3 Å². The Hall–Kier alpha value is -2.99. The predicted molar refractivity (Wildman–Crippen MR) is 75.0 cm³/mol. The van der Waals surface area contributed by atoms with Gasteiger partial charge in [-0.2, -0.15) is 10.5 Å². The Balaban J connectivity index is 2.80. The number of benzene rings is 2. The molecule has 0 N–H and O–H groups in total. The Kier molecular flexibility index (Phi) is 4.05. The fourth-order valence-corrected chi connectivity index (χ4v) is 2.22. The Bertz CT molecular complexity index is 832. The van der Waals surface area contributed by atoms with Gasteiger partial charge in [0.05, 0.1) is 0 Å². The molecule has 0 heterocycles. The van der Waals surface area contributed by atoms with Crippen LogP contribution in [-0.2, 0) is 0 Å². The molecule has 0 fully saturated rings. The number of para-hydroxylation sites is 1. The van der Waals surface area contributed by atoms with Gasteiger partial charge in [0, 0.05) is 12.7 Å². The molecule has 0 aliphatic carbocycles. The van der Waals surface area contributed by atoms with Crippen LogP contribution in [0.5, 0.6) is 0 Å². The van der Waals surface area contributed by atoms with Gasteiger partial charge in [0.25, 0.3) is 0 Å². The van der Waals surface area contributed by atoms with E-state index in [9.17, 15) is 13.2 Å². The van der Waals surface area contributed by atoms with Crippen LogP contribution in [0.2, 0.25) is 0 Å². The largest absolute Gasteiger partial charge is 0.341 e. The van der Waals surface area contributed by atoms with Crippen molar-refractivity contribution in [3.05, 3.63) is 58.4 Å². The quantitative estimate of drug-likeness (QED) is 0.790. The molecule has 110 valence electrons. The van der Waals surface area contributed by atoms with Crippen LogP contribution in [0.25, 0.3) is 0 Å². The van der Waals surface area contributed by atoms with Gasteiger partial charge in [-0.05, 0) is 18.6 Å². The molecular weight excluding hydrogens is 291 g/mol. The topological polar surface area (TPSA) is 50.8 Å². The zero-order valence-electron chi connectivity index (χ0n) is 11.8. The van der Waals surface area contributed by atoms with Gasteiger partial charge in [-0.15, -0.1) is 0 Å². The number of aryl methyl sites for hydroxylation is 1. The van der Waals surface area contributed by atoms with E-state index >= 15 is 0 Å². The number of nitriles is 2. The number of anilines is 2. The standard InChI is InChI=1S/C16H10F3N3/c1-9-5-3-4-6-12(9)22(2)16-11(8-21)13(17)10(7-20)14(18)15(16)19/h3-6H,1-2H3. The van der Waals surface area contributed by atoms with Gasteiger partial charge in [-0.25, -0.2) is 13.2 Å². The smallest absolute Gasteiger partial charge is 0.185 e. The summed E-state index contributed by atoms with van der Waals surface area (Å²) in [7, 11) is 1.40. The molecule has 0 unspecified atom stereocenters. The molecule has 2 aromatic carbocycles. The lowest BCUT2D eigenvalue weighted by atomic mass is 10.0. The number of halogens is 3. The van der Waals surface area contributed by atoms with Crippen molar-refractivity contribution in [2.45, 2.75) is 6.92 Å². The van der Waals surface area contributed by atoms with E-state index in [0.29, 0.717) is 5.69 Å². The van der Waals surface area contributed by atoms with Crippen LogP contribution in [0.4, 0.5) is 24.5 Å². The lowest BCUT2D eigenvalue weighted by molar-refractivity contribution is 0.491. The fraction of sp³-hybridized carbons (Fsp3) is 0.125. The summed E-state index contributed by atoms with van der Waals surface area (Å²) in [6.45, 7) is 1.74. The lowest BCUT2D eigenvalue weighted by Gasteiger charge is -2.23. The first-order chi connectivity index (χ1) is 10.4. The number of hydrogen-bond acceptors (Lipinski definition) is 3. The van der Waals surface area contributed by atoms with Crippen molar-refractivity contribution < 1.29 is 13.2 Å². The molecule has 2 rings (SSSR count). The van der Waals surface area contributed by atoms with Gasteiger partial charge in [-0.3, -0.25) is 0 Å². The Labute approximate surface area is 125 Å². The second-order valence-electron chi connectivity index (χ2n) is 4.61. The molecule has 0 aliphatic rings. The first-order valence-corrected chi connectivity index (χ1v) is 6.24. The number of hydrogen-bond donors (Lipinski definition) is 0. The van der Waals surface area contributed by atoms with Crippen molar-refractivity contribution in [3.63, 3.8) is 0 Å². The molecule has 3 nitrogen and oxygen atoms in total. The van der Waals surface area contributed by atoms with Crippen LogP contribution in [0.3, 0.4) is 0 Å². The van der Waals surface area contributed by atoms with E-state index in [1.807, 2.05) is 0 Å². The molecule has 0 amide bonds. The number of nitrogens with zero attached hydrogens (tertiary/aromatic N) is 3. The van der Waals surface area contributed by atoms with E-state index in [2.05, 4.69) is 0 Å². The van der Waals surface area contributed by atoms with E-state index in [0.717, 1.165) is 5.56 Å². The molecule has 0 saturated heterocycles. The highest BCUT2D eigenvalue weighted by Gasteiger charge is 2.28. The Morgan fingerprint density at radius 1 is 0.909 bits per heavy atom. The summed E-state index contributed by atoms with van der Waals surface area (Å²) in [6, 6.07) is 9.55. The summed E-state index contributed by atoms with van der Waals surface area (Å²) in [6.07, 6.45) is 0. The van der Waals surface area contributed by atoms with E-state index in [1.54, 1.807) is 31.2 Å². The molecule has 0 aromatic heterocycles. The van der Waals surface area contributed by atoms with Crippen molar-refractivity contribution in [1.82, 2.24) is 0 Å². The first-order valence-electron chi connectivity index (χ1n) is 6.24. The van der Waals surface area contributed by atoms with E-state index in [-0.39, 0.29) is 0 Å². The van der Waals surface area contributed by atoms with Crippen LogP contribution < -0.4 is 4.90 Å². The van der Waals surface area contributed by atoms with Crippen molar-refractivity contribution in [1.29, 1.82) is 10.5 Å². The van der Waals surface area contributed by atoms with Crippen LogP contribution >= 0.6 is 0 Å². The summed E-state index contributed by atoms with van der Waals surface area (Å²) >= 11 is 0. The predicted octanol–water partition coefficient (Wildman–Crippen LogP) is 3.92. The molecular formula is C16H10F3N3. The van der Waals surface area contributed by atoms with Crippen LogP contribution in [0, 0.1) is 47.0 Å². The minimum absolute atomic E-state index is 0.487. The zero-order valence-corrected chi connectivity index (χ0v) is 11.8. The van der Waals surface area contributed by atoms with Crippen molar-refractivity contribution in [2.24, 2.45) is 0 Å². The lowest BCUT2D eigenvalue weighted by Crippen LogP contribution is -2.17. The maximum atomic E-state index is 14.3. The highest BCUT2D eigenvalue weighted by atomic mass is 19.2. The molecule has 0 bridgehead atoms. The maximum Gasteiger partial charge on any atom is 0.185 e. The third-order valence-electron chi connectivity index (χ3n) is 3.33. The average Bonchev–Trinajstić information content (AvgIpc) is 2.51. The first kappa shape index (κ1) is 15.4. The molecule has 0 atom stereocenters. The van der Waals surface area contributed by atoms with Gasteiger partial charge in [0.1, 0.15) is 29.0 Å². The van der Waals surface area contributed by atoms with Crippen LogP contribution in [0.1, 0.15) is 16.7 Å². The maximum absolute atomic E-state index is 14.3. The van der Waals surface area contributed by atoms with E-state index in [1.165, 1.54) is 24.1 Å². The van der Waals surface area contributed by atoms with Crippen molar-refractivity contribution in [3.8, 4) is 12.1 Å². The second-order valence-corrected chi connectivity index (χ2v) is 4.61. The summed E-state index contributed by atoms with van der Waals surface area (Å²) in [4.78, 5) is 1.19. The minimum atomic E-state index is -1.60. The monoisotopic (exact) mass is 301 g/mol. The summed E-state index contributed by atoms with van der Waals surface area (Å²) in [5, 5.41) is 17.8. The Morgan fingerprint density at radius 3 is 2.05 bits per heavy atom. The van der Waals surface area contributed by atoms with Crippen molar-refractivity contribution in [2.75, 3.05) is 11.9 Å². The van der Waals surface area contributed by atoms with Gasteiger partial charge in [0.15, 0.2) is 17.5 Å². The molecule has 6 heteroatoms. The molecule has 22 heavy (non-hydrogen) atoms. The van der Waals surface area contributed by atoms with Gasteiger partial charge >= 0.3 is 0 Å². The summed E-state index contributed by atoms with van der Waals surface area (Å²) in [5.74, 6) is -4.39. The molecule has 0 spiro atoms. The van der Waals surface area contributed by atoms with Gasteiger partial charge in [-0.1, -0.05) is 18.2 Å². The molecule has 0 aliphatic heterocycles. The molecule has 0 radical (unpaired) electrons. The fourth-order valence-electron chi connectivity index (χ4n) is 2.22. The SMILES string of the molecule is Cc1ccccc1N(C)c1c(F)c(F)c(C#N)c(F)c1C#N. The van der Waals surface area contributed by atoms with Crippen molar-refractivity contribution >= 4 is 11.4 Å². The molecule has 0 saturated carbocycles. The highest BCUT2D eigenvalue weighted by molar-refractivity contribution is 5.73. The minimum Gasteiger partial charge on any atom is -0.341 e. The zero-order chi connectivity index (χ0) is 16.4. The third-order valence-corrected chi connectivity index (χ3v) is 3.33. The normalized spacial score (nSPS) is 9.95. The number of rotatable bonds is 2. The highest BCUT2D eigenvalue weighted by Crippen LogP contribution is 2.35. The summed E-state index contributed by atoms with van der Waals surface area (Å²) in [5.41, 5.74) is -1.12. The van der Waals surface area contributed by atoms with E-state index < -0.39 is 34.3 Å². The molecule has 2 aromatic rings. The summed E-state index contributed by atoms with van der Waals surface area (Å²) < 4.78 is 42.2. The van der Waals surface area contributed by atoms with Gasteiger partial charge < -0.3 is 4.90 Å². The average molecular weight is 301 g/mol. The third kappa shape index (κ3) is 2.25. The Morgan fingerprint density at radius 2 is 1.50 bits per heavy atom. The van der Waals surface area contributed by atoms with Gasteiger partial charge in [0.2, 0.25) is 0 Å². The van der Waals surface area contributed by atoms with Crippen LogP contribution in [-0.4, -0.2) is 7.05 Å². The second kappa shape index (κ2) is 5.79. The van der Waals surface area contributed by atoms with E-state index in [4.69, 9.17) is 10.5 Å².